The summed E-state index contributed by atoms with van der Waals surface area (Å²) in [6, 6.07) is 10.2. The molecule has 2 N–H and O–H groups in total. The lowest BCUT2D eigenvalue weighted by Gasteiger charge is -2.14. The normalized spacial score (nSPS) is 12.4. The zero-order valence-electron chi connectivity index (χ0n) is 17.3. The third-order valence-electron chi connectivity index (χ3n) is 4.55. The average molecular weight is 510 g/mol. The van der Waals surface area contributed by atoms with E-state index in [1.54, 1.807) is 6.07 Å². The summed E-state index contributed by atoms with van der Waals surface area (Å²) in [7, 11) is 1.83. The van der Waals surface area contributed by atoms with Crippen molar-refractivity contribution in [3.8, 4) is 11.6 Å². The summed E-state index contributed by atoms with van der Waals surface area (Å²) < 4.78 is 57.2. The van der Waals surface area contributed by atoms with Crippen molar-refractivity contribution < 1.29 is 27.3 Å². The summed E-state index contributed by atoms with van der Waals surface area (Å²) in [5.74, 6) is 0.683. The van der Waals surface area contributed by atoms with Gasteiger partial charge >= 0.3 is 11.5 Å². The number of aromatic nitrogens is 3. The largest absolute Gasteiger partial charge is 0.604 e. The SMILES string of the molecule is Cn1ccc2ncnc(Oc3ccc(NC(=O)Nc4cccc([S+]([O-])C(F)(F)F)c4)c(Cl)c3)c21. The fourth-order valence-electron chi connectivity index (χ4n) is 3.04. The Kier molecular flexibility index (Phi) is 6.55. The van der Waals surface area contributed by atoms with E-state index in [1.165, 1.54) is 30.6 Å². The molecule has 0 fully saturated rings. The van der Waals surface area contributed by atoms with Crippen LogP contribution in [0.3, 0.4) is 0 Å². The highest BCUT2D eigenvalue weighted by atomic mass is 35.5. The number of fused-ring (bicyclic) bond motifs is 1. The van der Waals surface area contributed by atoms with E-state index in [4.69, 9.17) is 16.3 Å². The lowest BCUT2D eigenvalue weighted by molar-refractivity contribution is -0.0435. The number of anilines is 2. The van der Waals surface area contributed by atoms with Crippen molar-refractivity contribution >= 4 is 51.2 Å². The Bertz CT molecular complexity index is 1370. The molecule has 0 bridgehead atoms. The van der Waals surface area contributed by atoms with E-state index in [2.05, 4.69) is 20.6 Å². The Morgan fingerprint density at radius 1 is 1.15 bits per heavy atom. The summed E-state index contributed by atoms with van der Waals surface area (Å²) in [6.45, 7) is 0. The Balaban J connectivity index is 1.45. The number of hydrogen-bond acceptors (Lipinski definition) is 5. The smallest absolute Gasteiger partial charge is 0.578 e. The first-order valence-corrected chi connectivity index (χ1v) is 11.0. The quantitative estimate of drug-likeness (QED) is 0.336. The van der Waals surface area contributed by atoms with Crippen LogP contribution in [-0.4, -0.2) is 30.6 Å². The molecule has 1 atom stereocenters. The highest BCUT2D eigenvalue weighted by Gasteiger charge is 2.46. The first kappa shape index (κ1) is 23.7. The van der Waals surface area contributed by atoms with Gasteiger partial charge in [-0.25, -0.2) is 9.78 Å². The molecule has 2 amide bonds. The third kappa shape index (κ3) is 5.19. The molecular weight excluding hydrogens is 495 g/mol. The molecule has 0 aliphatic rings. The first-order valence-electron chi connectivity index (χ1n) is 9.52. The van der Waals surface area contributed by atoms with Crippen molar-refractivity contribution in [3.05, 3.63) is 66.1 Å². The Morgan fingerprint density at radius 3 is 2.68 bits per heavy atom. The number of ether oxygens (including phenoxy) is 1. The van der Waals surface area contributed by atoms with Crippen molar-refractivity contribution in [2.75, 3.05) is 10.6 Å². The Morgan fingerprint density at radius 2 is 1.94 bits per heavy atom. The number of halogens is 4. The minimum absolute atomic E-state index is 0.0269. The molecule has 4 rings (SSSR count). The minimum atomic E-state index is -4.91. The third-order valence-corrected chi connectivity index (χ3v) is 5.96. The lowest BCUT2D eigenvalue weighted by atomic mass is 10.3. The van der Waals surface area contributed by atoms with Gasteiger partial charge in [0.1, 0.15) is 17.6 Å². The van der Waals surface area contributed by atoms with Gasteiger partial charge in [-0.05, 0) is 30.3 Å². The monoisotopic (exact) mass is 509 g/mol. The van der Waals surface area contributed by atoms with Gasteiger partial charge in [0.05, 0.1) is 27.4 Å². The van der Waals surface area contributed by atoms with E-state index in [-0.39, 0.29) is 16.4 Å². The van der Waals surface area contributed by atoms with Crippen molar-refractivity contribution in [1.29, 1.82) is 0 Å². The van der Waals surface area contributed by atoms with Crippen LogP contribution in [0.2, 0.25) is 5.02 Å². The molecule has 2 heterocycles. The fourth-order valence-corrected chi connectivity index (χ4v) is 3.96. The molecule has 8 nitrogen and oxygen atoms in total. The molecule has 34 heavy (non-hydrogen) atoms. The predicted octanol–water partition coefficient (Wildman–Crippen LogP) is 5.69. The van der Waals surface area contributed by atoms with Gasteiger partial charge in [-0.1, -0.05) is 17.7 Å². The number of carbonyl (C=O) groups is 1. The number of hydrogen-bond donors (Lipinski definition) is 2. The van der Waals surface area contributed by atoms with Gasteiger partial charge in [-0.15, -0.1) is 13.2 Å². The number of carbonyl (C=O) groups excluding carboxylic acids is 1. The fraction of sp³-hybridized carbons (Fsp3) is 0.0952. The number of aryl methyl sites for hydroxylation is 1. The minimum Gasteiger partial charge on any atom is -0.604 e. The molecule has 2 aromatic carbocycles. The van der Waals surface area contributed by atoms with Crippen LogP contribution in [0, 0.1) is 0 Å². The van der Waals surface area contributed by atoms with Crippen molar-refractivity contribution in [2.45, 2.75) is 10.4 Å². The Hall–Kier alpha value is -3.48. The van der Waals surface area contributed by atoms with E-state index in [9.17, 15) is 22.5 Å². The number of amides is 2. The maximum absolute atomic E-state index is 12.7. The second kappa shape index (κ2) is 9.41. The van der Waals surface area contributed by atoms with E-state index < -0.39 is 27.6 Å². The van der Waals surface area contributed by atoms with Gasteiger partial charge in [0.15, 0.2) is 4.90 Å². The number of rotatable bonds is 5. The molecular formula is C21H15ClF3N5O3S. The molecule has 0 saturated heterocycles. The summed E-state index contributed by atoms with van der Waals surface area (Å²) in [4.78, 5) is 20.1. The summed E-state index contributed by atoms with van der Waals surface area (Å²) in [6.07, 6.45) is 3.19. The maximum Gasteiger partial charge on any atom is 0.578 e. The van der Waals surface area contributed by atoms with Gasteiger partial charge in [-0.3, -0.25) is 0 Å². The number of benzene rings is 2. The van der Waals surface area contributed by atoms with Crippen LogP contribution in [0.25, 0.3) is 11.0 Å². The van der Waals surface area contributed by atoms with Crippen LogP contribution in [0.5, 0.6) is 11.6 Å². The predicted molar refractivity (Wildman–Crippen MR) is 122 cm³/mol. The molecule has 0 saturated carbocycles. The molecule has 0 aliphatic carbocycles. The van der Waals surface area contributed by atoms with Crippen molar-refractivity contribution in [2.24, 2.45) is 7.05 Å². The van der Waals surface area contributed by atoms with Crippen molar-refractivity contribution in [1.82, 2.24) is 14.5 Å². The number of alkyl halides is 3. The summed E-state index contributed by atoms with van der Waals surface area (Å²) >= 11 is 3.05. The number of urea groups is 1. The van der Waals surface area contributed by atoms with Crippen LogP contribution in [-0.2, 0) is 18.2 Å². The summed E-state index contributed by atoms with van der Waals surface area (Å²) in [5.41, 5.74) is -3.26. The summed E-state index contributed by atoms with van der Waals surface area (Å²) in [5, 5.41) is 5.03. The van der Waals surface area contributed by atoms with E-state index in [1.807, 2.05) is 23.9 Å². The molecule has 0 aliphatic heterocycles. The molecule has 0 spiro atoms. The molecule has 4 aromatic rings. The first-order chi connectivity index (χ1) is 16.1. The van der Waals surface area contributed by atoms with Gasteiger partial charge < -0.3 is 24.5 Å². The highest BCUT2D eigenvalue weighted by molar-refractivity contribution is 7.92. The van der Waals surface area contributed by atoms with E-state index >= 15 is 0 Å². The average Bonchev–Trinajstić information content (AvgIpc) is 3.16. The van der Waals surface area contributed by atoms with Crippen molar-refractivity contribution in [3.63, 3.8) is 0 Å². The molecule has 2 aromatic heterocycles. The van der Waals surface area contributed by atoms with Gasteiger partial charge in [0.2, 0.25) is 5.88 Å². The molecule has 0 radical (unpaired) electrons. The zero-order chi connectivity index (χ0) is 24.5. The van der Waals surface area contributed by atoms with Gasteiger partial charge in [0, 0.05) is 31.1 Å². The van der Waals surface area contributed by atoms with Gasteiger partial charge in [-0.2, -0.15) is 4.98 Å². The second-order valence-electron chi connectivity index (χ2n) is 6.90. The molecule has 176 valence electrons. The van der Waals surface area contributed by atoms with Crippen LogP contribution < -0.4 is 15.4 Å². The molecule has 13 heteroatoms. The molecule has 1 unspecified atom stereocenters. The van der Waals surface area contributed by atoms with Crippen LogP contribution in [0.4, 0.5) is 29.3 Å². The second-order valence-corrected chi connectivity index (χ2v) is 8.78. The van der Waals surface area contributed by atoms with Crippen LogP contribution in [0.15, 0.2) is 66.0 Å². The maximum atomic E-state index is 12.7. The van der Waals surface area contributed by atoms with Gasteiger partial charge in [0.25, 0.3) is 0 Å². The van der Waals surface area contributed by atoms with Crippen LogP contribution >= 0.6 is 11.6 Å². The topological polar surface area (TPSA) is 104 Å². The van der Waals surface area contributed by atoms with E-state index in [0.717, 1.165) is 12.1 Å². The number of nitrogens with zero attached hydrogens (tertiary/aromatic N) is 3. The standard InChI is InChI=1S/C21H15ClF3N5O3S/c1-30-8-7-17-18(30)19(27-11-26-17)33-13-5-6-16(15(22)10-13)29-20(31)28-12-3-2-4-14(9-12)34(32)21(23,24)25/h2-11H,1H3,(H2,28,29,31). The van der Waals surface area contributed by atoms with E-state index in [0.29, 0.717) is 22.7 Å². The Labute approximate surface area is 198 Å². The highest BCUT2D eigenvalue weighted by Crippen LogP contribution is 2.33. The lowest BCUT2D eigenvalue weighted by Crippen LogP contribution is -2.24. The zero-order valence-corrected chi connectivity index (χ0v) is 18.8. The van der Waals surface area contributed by atoms with Crippen LogP contribution in [0.1, 0.15) is 0 Å². The number of nitrogens with one attached hydrogen (secondary N) is 2.